The molecule has 0 saturated heterocycles. The number of benzene rings is 1. The molecule has 0 unspecified atom stereocenters. The van der Waals surface area contributed by atoms with Crippen molar-refractivity contribution in [2.45, 2.75) is 17.7 Å². The van der Waals surface area contributed by atoms with Crippen molar-refractivity contribution in [1.29, 1.82) is 0 Å². The molecule has 1 aromatic heterocycles. The third-order valence-corrected chi connectivity index (χ3v) is 4.30. The van der Waals surface area contributed by atoms with Gasteiger partial charge in [0, 0.05) is 17.8 Å². The Kier molecular flexibility index (Phi) is 4.50. The van der Waals surface area contributed by atoms with Crippen LogP contribution in [-0.2, 0) is 12.8 Å². The summed E-state index contributed by atoms with van der Waals surface area (Å²) < 4.78 is 1.79. The quantitative estimate of drug-likeness (QED) is 0.406. The number of hydrogen-bond donors (Lipinski definition) is 1. The van der Waals surface area contributed by atoms with Crippen molar-refractivity contribution in [1.82, 2.24) is 9.78 Å². The lowest BCUT2D eigenvalue weighted by atomic mass is 10.2. The van der Waals surface area contributed by atoms with Gasteiger partial charge in [0.25, 0.3) is 0 Å². The maximum atomic E-state index is 8.71. The average molecular weight is 296 g/mol. The fourth-order valence-electron chi connectivity index (χ4n) is 1.79. The molecule has 2 aromatic rings. The van der Waals surface area contributed by atoms with Gasteiger partial charge >= 0.3 is 0 Å². The van der Waals surface area contributed by atoms with E-state index in [2.05, 4.69) is 10.3 Å². The minimum atomic E-state index is 0.741. The third kappa shape index (κ3) is 3.11. The van der Waals surface area contributed by atoms with Crippen LogP contribution in [0.1, 0.15) is 16.8 Å². The van der Waals surface area contributed by atoms with E-state index in [1.807, 2.05) is 38.2 Å². The number of aromatic nitrogens is 2. The van der Waals surface area contributed by atoms with E-state index < -0.39 is 0 Å². The molecular formula is C13H14ClN3OS. The molecular weight excluding hydrogens is 282 g/mol. The number of nitrogens with zero attached hydrogens (tertiary/aromatic N) is 3. The van der Waals surface area contributed by atoms with Crippen LogP contribution in [0.3, 0.4) is 0 Å². The maximum Gasteiger partial charge on any atom is 0.103 e. The monoisotopic (exact) mass is 295 g/mol. The Bertz CT molecular complexity index is 610. The van der Waals surface area contributed by atoms with Crippen LogP contribution in [0.5, 0.6) is 0 Å². The minimum absolute atomic E-state index is 0.741. The molecule has 0 aliphatic carbocycles. The summed E-state index contributed by atoms with van der Waals surface area (Å²) in [4.78, 5) is 0. The van der Waals surface area contributed by atoms with Gasteiger partial charge in [0.2, 0.25) is 0 Å². The van der Waals surface area contributed by atoms with Gasteiger partial charge in [-0.3, -0.25) is 4.68 Å². The molecule has 0 aliphatic heterocycles. The molecule has 0 bridgehead atoms. The summed E-state index contributed by atoms with van der Waals surface area (Å²) in [6, 6.07) is 7.75. The van der Waals surface area contributed by atoms with Crippen molar-refractivity contribution in [2.75, 3.05) is 0 Å². The Labute approximate surface area is 121 Å². The van der Waals surface area contributed by atoms with E-state index in [-0.39, 0.29) is 0 Å². The minimum Gasteiger partial charge on any atom is -0.411 e. The van der Waals surface area contributed by atoms with Gasteiger partial charge in [0.1, 0.15) is 5.03 Å². The SMILES string of the molecule is Cc1nn(C)c(SCc2ccccc2Cl)c1/C=N/O. The molecule has 0 saturated carbocycles. The number of hydrogen-bond acceptors (Lipinski definition) is 4. The van der Waals surface area contributed by atoms with Crippen molar-refractivity contribution in [2.24, 2.45) is 12.2 Å². The van der Waals surface area contributed by atoms with Crippen LogP contribution in [0, 0.1) is 6.92 Å². The van der Waals surface area contributed by atoms with Gasteiger partial charge in [-0.15, -0.1) is 11.8 Å². The van der Waals surface area contributed by atoms with E-state index in [4.69, 9.17) is 16.8 Å². The zero-order valence-corrected chi connectivity index (χ0v) is 12.2. The molecule has 19 heavy (non-hydrogen) atoms. The van der Waals surface area contributed by atoms with E-state index in [9.17, 15) is 0 Å². The van der Waals surface area contributed by atoms with Gasteiger partial charge in [-0.05, 0) is 18.6 Å². The lowest BCUT2D eigenvalue weighted by molar-refractivity contribution is 0.321. The molecule has 0 spiro atoms. The number of oxime groups is 1. The Hall–Kier alpha value is -1.46. The van der Waals surface area contributed by atoms with E-state index in [0.717, 1.165) is 32.6 Å². The van der Waals surface area contributed by atoms with E-state index in [1.165, 1.54) is 6.21 Å². The molecule has 6 heteroatoms. The first-order chi connectivity index (χ1) is 9.13. The maximum absolute atomic E-state index is 8.71. The molecule has 0 fully saturated rings. The van der Waals surface area contributed by atoms with Crippen LogP contribution in [0.25, 0.3) is 0 Å². The van der Waals surface area contributed by atoms with E-state index in [1.54, 1.807) is 16.4 Å². The number of halogens is 1. The number of rotatable bonds is 4. The molecule has 100 valence electrons. The largest absolute Gasteiger partial charge is 0.411 e. The molecule has 0 atom stereocenters. The first kappa shape index (κ1) is 14.0. The summed E-state index contributed by atoms with van der Waals surface area (Å²) in [6.45, 7) is 1.89. The first-order valence-corrected chi connectivity index (χ1v) is 7.07. The third-order valence-electron chi connectivity index (χ3n) is 2.72. The summed E-state index contributed by atoms with van der Waals surface area (Å²) in [5.74, 6) is 0.741. The molecule has 4 nitrogen and oxygen atoms in total. The van der Waals surface area contributed by atoms with Crippen molar-refractivity contribution in [3.05, 3.63) is 46.1 Å². The van der Waals surface area contributed by atoms with E-state index >= 15 is 0 Å². The van der Waals surface area contributed by atoms with Gasteiger partial charge in [0.15, 0.2) is 0 Å². The molecule has 2 rings (SSSR count). The Morgan fingerprint density at radius 3 is 2.89 bits per heavy atom. The highest BCUT2D eigenvalue weighted by Gasteiger charge is 2.13. The van der Waals surface area contributed by atoms with Crippen LogP contribution in [0.15, 0.2) is 34.4 Å². The zero-order valence-electron chi connectivity index (χ0n) is 10.7. The predicted octanol–water partition coefficient (Wildman–Crippen LogP) is 3.48. The fourth-order valence-corrected chi connectivity index (χ4v) is 3.20. The molecule has 0 aliphatic rings. The van der Waals surface area contributed by atoms with Crippen LogP contribution in [-0.4, -0.2) is 21.2 Å². The second-order valence-corrected chi connectivity index (χ2v) is 5.42. The standard InChI is InChI=1S/C13H14ClN3OS/c1-9-11(7-15-18)13(17(2)16-9)19-8-10-5-3-4-6-12(10)14/h3-7,18H,8H2,1-2H3/b15-7+. The molecule has 0 amide bonds. The molecule has 1 N–H and O–H groups in total. The Balaban J connectivity index is 2.22. The average Bonchev–Trinajstić information content (AvgIpc) is 2.64. The van der Waals surface area contributed by atoms with Crippen molar-refractivity contribution < 1.29 is 5.21 Å². The summed E-state index contributed by atoms with van der Waals surface area (Å²) in [6.07, 6.45) is 1.41. The predicted molar refractivity (Wildman–Crippen MR) is 78.3 cm³/mol. The summed E-state index contributed by atoms with van der Waals surface area (Å²) in [5.41, 5.74) is 2.74. The smallest absolute Gasteiger partial charge is 0.103 e. The Morgan fingerprint density at radius 2 is 2.21 bits per heavy atom. The van der Waals surface area contributed by atoms with Crippen LogP contribution in [0.2, 0.25) is 5.02 Å². The van der Waals surface area contributed by atoms with Gasteiger partial charge in [-0.1, -0.05) is 35.0 Å². The zero-order chi connectivity index (χ0) is 13.8. The fraction of sp³-hybridized carbons (Fsp3) is 0.231. The molecule has 1 aromatic carbocycles. The van der Waals surface area contributed by atoms with Crippen LogP contribution < -0.4 is 0 Å². The van der Waals surface area contributed by atoms with Crippen molar-refractivity contribution in [3.63, 3.8) is 0 Å². The Morgan fingerprint density at radius 1 is 1.47 bits per heavy atom. The van der Waals surface area contributed by atoms with Gasteiger partial charge in [-0.25, -0.2) is 0 Å². The van der Waals surface area contributed by atoms with Gasteiger partial charge < -0.3 is 5.21 Å². The molecule has 1 heterocycles. The summed E-state index contributed by atoms with van der Waals surface area (Å²) >= 11 is 7.75. The summed E-state index contributed by atoms with van der Waals surface area (Å²) in [5, 5.41) is 17.8. The lowest BCUT2D eigenvalue weighted by Crippen LogP contribution is -1.94. The topological polar surface area (TPSA) is 50.4 Å². The second-order valence-electron chi connectivity index (χ2n) is 4.05. The van der Waals surface area contributed by atoms with Gasteiger partial charge in [-0.2, -0.15) is 5.10 Å². The first-order valence-electron chi connectivity index (χ1n) is 5.70. The van der Waals surface area contributed by atoms with E-state index in [0.29, 0.717) is 0 Å². The van der Waals surface area contributed by atoms with Crippen LogP contribution in [0.4, 0.5) is 0 Å². The highest BCUT2D eigenvalue weighted by atomic mass is 35.5. The van der Waals surface area contributed by atoms with Gasteiger partial charge in [0.05, 0.1) is 17.5 Å². The number of aryl methyl sites for hydroxylation is 2. The molecule has 0 radical (unpaired) electrons. The van der Waals surface area contributed by atoms with Crippen LogP contribution >= 0.6 is 23.4 Å². The lowest BCUT2D eigenvalue weighted by Gasteiger charge is -2.05. The highest BCUT2D eigenvalue weighted by molar-refractivity contribution is 7.98. The summed E-state index contributed by atoms with van der Waals surface area (Å²) in [7, 11) is 1.87. The number of thioether (sulfide) groups is 1. The normalized spacial score (nSPS) is 11.3. The van der Waals surface area contributed by atoms with Crippen molar-refractivity contribution >= 4 is 29.6 Å². The highest BCUT2D eigenvalue weighted by Crippen LogP contribution is 2.29. The second kappa shape index (κ2) is 6.12. The van der Waals surface area contributed by atoms with Crippen molar-refractivity contribution in [3.8, 4) is 0 Å².